The zero-order chi connectivity index (χ0) is 23.0. The van der Waals surface area contributed by atoms with Crippen molar-refractivity contribution in [2.45, 2.75) is 45.1 Å². The van der Waals surface area contributed by atoms with E-state index in [0.717, 1.165) is 35.4 Å². The summed E-state index contributed by atoms with van der Waals surface area (Å²) in [6.07, 6.45) is 6.52. The first-order chi connectivity index (χ1) is 15.1. The number of aromatic carboxylic acids is 1. The Morgan fingerprint density at radius 2 is 1.91 bits per heavy atom. The lowest BCUT2D eigenvalue weighted by atomic mass is 9.89. The Hall–Kier alpha value is -3.42. The van der Waals surface area contributed by atoms with Crippen LogP contribution in [-0.4, -0.2) is 50.3 Å². The van der Waals surface area contributed by atoms with Crippen LogP contribution in [0.15, 0.2) is 42.9 Å². The summed E-state index contributed by atoms with van der Waals surface area (Å²) in [4.78, 5) is 30.1. The van der Waals surface area contributed by atoms with Gasteiger partial charge in [0.15, 0.2) is 0 Å². The zero-order valence-electron chi connectivity index (χ0n) is 18.3. The predicted molar refractivity (Wildman–Crippen MR) is 118 cm³/mol. The van der Waals surface area contributed by atoms with Crippen LogP contribution in [0.1, 0.15) is 55.5 Å². The molecule has 7 nitrogen and oxygen atoms in total. The van der Waals surface area contributed by atoms with Crippen LogP contribution in [0.25, 0.3) is 16.6 Å². The van der Waals surface area contributed by atoms with Crippen LogP contribution >= 0.6 is 0 Å². The maximum atomic E-state index is 13.7. The summed E-state index contributed by atoms with van der Waals surface area (Å²) < 4.78 is 21.0. The number of likely N-dealkylation sites (tertiary alicyclic amines) is 1. The van der Waals surface area contributed by atoms with Crippen LogP contribution in [-0.2, 0) is 4.74 Å². The average Bonchev–Trinajstić information content (AvgIpc) is 3.12. The second-order valence-corrected chi connectivity index (χ2v) is 9.06. The summed E-state index contributed by atoms with van der Waals surface area (Å²) in [6.45, 7) is 6.70. The quantitative estimate of drug-likeness (QED) is 0.622. The minimum atomic E-state index is -1.20. The van der Waals surface area contributed by atoms with Crippen molar-refractivity contribution in [2.24, 2.45) is 0 Å². The molecule has 1 fully saturated rings. The first kappa shape index (κ1) is 21.8. The fraction of sp³-hybridized carbons (Fsp3) is 0.375. The summed E-state index contributed by atoms with van der Waals surface area (Å²) in [5.41, 5.74) is 1.55. The molecule has 3 heterocycles. The van der Waals surface area contributed by atoms with Gasteiger partial charge in [0, 0.05) is 30.9 Å². The molecule has 1 amide bonds. The highest BCUT2D eigenvalue weighted by molar-refractivity contribution is 5.94. The number of fused-ring (bicyclic) bond motifs is 1. The van der Waals surface area contributed by atoms with Gasteiger partial charge in [0.2, 0.25) is 0 Å². The van der Waals surface area contributed by atoms with Crippen LogP contribution < -0.4 is 0 Å². The van der Waals surface area contributed by atoms with Gasteiger partial charge in [0.1, 0.15) is 11.4 Å². The molecule has 8 heteroatoms. The molecule has 1 saturated heterocycles. The van der Waals surface area contributed by atoms with E-state index in [2.05, 4.69) is 4.98 Å². The molecule has 1 aliphatic rings. The fourth-order valence-corrected chi connectivity index (χ4v) is 4.21. The normalized spacial score (nSPS) is 15.2. The van der Waals surface area contributed by atoms with Crippen LogP contribution in [0.2, 0.25) is 0 Å². The van der Waals surface area contributed by atoms with Gasteiger partial charge in [-0.3, -0.25) is 4.98 Å². The maximum absolute atomic E-state index is 13.7. The Bertz CT molecular complexity index is 1170. The molecule has 0 atom stereocenters. The Balaban J connectivity index is 1.66. The fourth-order valence-electron chi connectivity index (χ4n) is 4.21. The molecule has 168 valence electrons. The Morgan fingerprint density at radius 3 is 2.56 bits per heavy atom. The maximum Gasteiger partial charge on any atom is 0.410 e. The summed E-state index contributed by atoms with van der Waals surface area (Å²) in [7, 11) is 0. The topological polar surface area (TPSA) is 84.7 Å². The standard InChI is InChI=1S/C24H26FN3O4/c1-24(2,3)32-23(31)27-10-7-15(8-11-27)19-14-28(21-13-26-9-6-17(19)21)20-5-4-16(25)12-18(20)22(29)30/h4-6,9,12-15H,7-8,10-11H2,1-3H3,(H,29,30). The van der Waals surface area contributed by atoms with Gasteiger partial charge in [-0.15, -0.1) is 0 Å². The molecule has 1 aliphatic heterocycles. The highest BCUT2D eigenvalue weighted by Gasteiger charge is 2.29. The Morgan fingerprint density at radius 1 is 1.19 bits per heavy atom. The van der Waals surface area contributed by atoms with E-state index < -0.39 is 17.4 Å². The SMILES string of the molecule is CC(C)(C)OC(=O)N1CCC(c2cn(-c3ccc(F)cc3C(=O)O)c3cnccc23)CC1. The molecule has 0 bridgehead atoms. The summed E-state index contributed by atoms with van der Waals surface area (Å²) >= 11 is 0. The number of rotatable bonds is 3. The van der Waals surface area contributed by atoms with Crippen LogP contribution in [0.5, 0.6) is 0 Å². The number of halogens is 1. The van der Waals surface area contributed by atoms with Crippen molar-refractivity contribution in [1.82, 2.24) is 14.5 Å². The van der Waals surface area contributed by atoms with E-state index in [0.29, 0.717) is 18.8 Å². The number of amides is 1. The molecule has 0 saturated carbocycles. The molecule has 0 radical (unpaired) electrons. The van der Waals surface area contributed by atoms with E-state index in [1.807, 2.05) is 33.0 Å². The van der Waals surface area contributed by atoms with Crippen molar-refractivity contribution in [3.05, 3.63) is 59.8 Å². The molecule has 32 heavy (non-hydrogen) atoms. The highest BCUT2D eigenvalue weighted by Crippen LogP contribution is 2.36. The number of carboxylic acid groups (broad SMARTS) is 1. The number of aromatic nitrogens is 2. The van der Waals surface area contributed by atoms with Crippen LogP contribution in [0.3, 0.4) is 0 Å². The molecule has 0 aliphatic carbocycles. The first-order valence-electron chi connectivity index (χ1n) is 10.6. The molecule has 4 rings (SSSR count). The van der Waals surface area contributed by atoms with Crippen LogP contribution in [0.4, 0.5) is 9.18 Å². The van der Waals surface area contributed by atoms with Gasteiger partial charge < -0.3 is 19.3 Å². The lowest BCUT2D eigenvalue weighted by molar-refractivity contribution is 0.0205. The van der Waals surface area contributed by atoms with E-state index in [1.165, 1.54) is 12.1 Å². The van der Waals surface area contributed by atoms with Crippen molar-refractivity contribution in [1.29, 1.82) is 0 Å². The van der Waals surface area contributed by atoms with E-state index in [1.54, 1.807) is 21.9 Å². The van der Waals surface area contributed by atoms with Gasteiger partial charge in [-0.2, -0.15) is 0 Å². The number of carbonyl (C=O) groups excluding carboxylic acids is 1. The van der Waals surface area contributed by atoms with Gasteiger partial charge in [-0.1, -0.05) is 0 Å². The monoisotopic (exact) mass is 439 g/mol. The largest absolute Gasteiger partial charge is 0.478 e. The smallest absolute Gasteiger partial charge is 0.410 e. The van der Waals surface area contributed by atoms with E-state index in [-0.39, 0.29) is 17.6 Å². The second-order valence-electron chi connectivity index (χ2n) is 9.06. The third-order valence-electron chi connectivity index (χ3n) is 5.67. The van der Waals surface area contributed by atoms with Gasteiger partial charge in [-0.05, 0) is 69.4 Å². The van der Waals surface area contributed by atoms with E-state index in [4.69, 9.17) is 4.74 Å². The molecular formula is C24H26FN3O4. The Labute approximate surface area is 185 Å². The summed E-state index contributed by atoms with van der Waals surface area (Å²) in [5, 5.41) is 10.6. The van der Waals surface area contributed by atoms with Gasteiger partial charge in [0.05, 0.1) is 23.0 Å². The molecule has 1 N–H and O–H groups in total. The molecule has 2 aromatic heterocycles. The van der Waals surface area contributed by atoms with Crippen molar-refractivity contribution in [2.75, 3.05) is 13.1 Å². The minimum Gasteiger partial charge on any atom is -0.478 e. The number of hydrogen-bond acceptors (Lipinski definition) is 4. The third-order valence-corrected chi connectivity index (χ3v) is 5.67. The number of benzene rings is 1. The number of hydrogen-bond donors (Lipinski definition) is 1. The minimum absolute atomic E-state index is 0.114. The highest BCUT2D eigenvalue weighted by atomic mass is 19.1. The number of carboxylic acids is 1. The molecule has 0 unspecified atom stereocenters. The Kier molecular flexibility index (Phi) is 5.62. The van der Waals surface area contributed by atoms with E-state index >= 15 is 0 Å². The van der Waals surface area contributed by atoms with E-state index in [9.17, 15) is 19.1 Å². The predicted octanol–water partition coefficient (Wildman–Crippen LogP) is 4.98. The van der Waals surface area contributed by atoms with Gasteiger partial charge in [-0.25, -0.2) is 14.0 Å². The number of ether oxygens (including phenoxy) is 1. The third kappa shape index (κ3) is 4.30. The average molecular weight is 439 g/mol. The second kappa shape index (κ2) is 8.26. The lowest BCUT2D eigenvalue weighted by Crippen LogP contribution is -2.41. The lowest BCUT2D eigenvalue weighted by Gasteiger charge is -2.33. The number of pyridine rings is 1. The van der Waals surface area contributed by atoms with Crippen molar-refractivity contribution < 1.29 is 23.8 Å². The summed E-state index contributed by atoms with van der Waals surface area (Å²) in [5.74, 6) is -1.61. The molecular weight excluding hydrogens is 413 g/mol. The molecule has 1 aromatic carbocycles. The number of carbonyl (C=O) groups is 2. The zero-order valence-corrected chi connectivity index (χ0v) is 18.3. The van der Waals surface area contributed by atoms with Crippen molar-refractivity contribution >= 4 is 23.0 Å². The van der Waals surface area contributed by atoms with Crippen LogP contribution in [0, 0.1) is 5.82 Å². The molecule has 3 aromatic rings. The molecule has 0 spiro atoms. The van der Waals surface area contributed by atoms with Gasteiger partial charge in [0.25, 0.3) is 0 Å². The summed E-state index contributed by atoms with van der Waals surface area (Å²) in [6, 6.07) is 5.66. The van der Waals surface area contributed by atoms with Crippen molar-refractivity contribution in [3.8, 4) is 5.69 Å². The van der Waals surface area contributed by atoms with Gasteiger partial charge >= 0.3 is 12.1 Å². The van der Waals surface area contributed by atoms with Crippen molar-refractivity contribution in [3.63, 3.8) is 0 Å². The first-order valence-corrected chi connectivity index (χ1v) is 10.6. The number of nitrogens with zero attached hydrogens (tertiary/aromatic N) is 3. The number of piperidine rings is 1.